The largest absolute Gasteiger partial charge is 0.280 e. The highest BCUT2D eigenvalue weighted by Gasteiger charge is 2.42. The molecule has 13 heavy (non-hydrogen) atoms. The van der Waals surface area contributed by atoms with Gasteiger partial charge in [-0.2, -0.15) is 0 Å². The summed E-state index contributed by atoms with van der Waals surface area (Å²) >= 11 is 7.34. The van der Waals surface area contributed by atoms with Gasteiger partial charge >= 0.3 is 0 Å². The summed E-state index contributed by atoms with van der Waals surface area (Å²) in [4.78, 5) is 12.6. The Morgan fingerprint density at radius 2 is 2.15 bits per heavy atom. The fourth-order valence-corrected chi connectivity index (χ4v) is 3.40. The van der Waals surface area contributed by atoms with E-state index in [9.17, 15) is 4.79 Å². The van der Waals surface area contributed by atoms with Crippen LogP contribution in [-0.4, -0.2) is 5.24 Å². The minimum atomic E-state index is -0.338. The van der Waals surface area contributed by atoms with E-state index in [1.807, 2.05) is 17.5 Å². The van der Waals surface area contributed by atoms with Gasteiger partial charge < -0.3 is 0 Å². The predicted molar refractivity (Wildman–Crippen MR) is 55.3 cm³/mol. The van der Waals surface area contributed by atoms with Gasteiger partial charge in [0.15, 0.2) is 0 Å². The molecule has 0 radical (unpaired) electrons. The molecule has 0 atom stereocenters. The molecule has 1 nitrogen and oxygen atoms in total. The molecule has 0 spiro atoms. The minimum absolute atomic E-state index is 0.174. The molecule has 3 heteroatoms. The molecule has 0 amide bonds. The average molecular weight is 215 g/mol. The summed E-state index contributed by atoms with van der Waals surface area (Å²) in [5, 5.41) is 1.84. The van der Waals surface area contributed by atoms with Crippen molar-refractivity contribution >= 4 is 28.2 Å². The van der Waals surface area contributed by atoms with Crippen molar-refractivity contribution in [1.82, 2.24) is 0 Å². The Balaban J connectivity index is 2.39. The highest BCUT2D eigenvalue weighted by atomic mass is 35.5. The van der Waals surface area contributed by atoms with Crippen LogP contribution in [0.5, 0.6) is 0 Å². The molecule has 0 aromatic carbocycles. The second-order valence-electron chi connectivity index (χ2n) is 3.54. The number of carbonyl (C=O) groups is 1. The number of halogens is 1. The first kappa shape index (κ1) is 9.22. The second kappa shape index (κ2) is 3.43. The Kier molecular flexibility index (Phi) is 2.43. The van der Waals surface area contributed by atoms with E-state index in [1.165, 1.54) is 0 Å². The van der Waals surface area contributed by atoms with Gasteiger partial charge in [-0.05, 0) is 35.9 Å². The molecule has 0 N–H and O–H groups in total. The number of thiophene rings is 1. The van der Waals surface area contributed by atoms with Crippen LogP contribution >= 0.6 is 22.9 Å². The molecule has 1 fully saturated rings. The van der Waals surface area contributed by atoms with Gasteiger partial charge in [0, 0.05) is 4.88 Å². The maximum absolute atomic E-state index is 11.4. The van der Waals surface area contributed by atoms with Gasteiger partial charge in [-0.25, -0.2) is 0 Å². The predicted octanol–water partition coefficient (Wildman–Crippen LogP) is 3.33. The van der Waals surface area contributed by atoms with Crippen molar-refractivity contribution in [1.29, 1.82) is 0 Å². The lowest BCUT2D eigenvalue weighted by molar-refractivity contribution is -0.116. The first-order valence-electron chi connectivity index (χ1n) is 4.50. The maximum atomic E-state index is 11.4. The van der Waals surface area contributed by atoms with Crippen LogP contribution in [0.1, 0.15) is 30.6 Å². The van der Waals surface area contributed by atoms with E-state index < -0.39 is 0 Å². The van der Waals surface area contributed by atoms with E-state index in [-0.39, 0.29) is 10.7 Å². The van der Waals surface area contributed by atoms with Crippen molar-refractivity contribution < 1.29 is 4.79 Å². The quantitative estimate of drug-likeness (QED) is 0.691. The summed E-state index contributed by atoms with van der Waals surface area (Å²) < 4.78 is 0. The van der Waals surface area contributed by atoms with Crippen LogP contribution in [0.4, 0.5) is 0 Å². The van der Waals surface area contributed by atoms with E-state index in [2.05, 4.69) is 0 Å². The summed E-state index contributed by atoms with van der Waals surface area (Å²) in [6, 6.07) is 4.01. The lowest BCUT2D eigenvalue weighted by atomic mass is 9.86. The molecular formula is C10H11ClOS. The normalized spacial score (nSPS) is 20.4. The molecule has 1 aliphatic carbocycles. The molecule has 0 saturated heterocycles. The monoisotopic (exact) mass is 214 g/mol. The first-order chi connectivity index (χ1) is 6.26. The van der Waals surface area contributed by atoms with Gasteiger partial charge in [-0.1, -0.05) is 18.9 Å². The van der Waals surface area contributed by atoms with E-state index >= 15 is 0 Å². The Bertz CT molecular complexity index is 299. The summed E-state index contributed by atoms with van der Waals surface area (Å²) in [6.45, 7) is 0. The Labute approximate surface area is 86.7 Å². The Morgan fingerprint density at radius 1 is 1.46 bits per heavy atom. The third-order valence-corrected chi connectivity index (χ3v) is 4.26. The number of carbonyl (C=O) groups excluding carboxylic acids is 1. The topological polar surface area (TPSA) is 17.1 Å². The zero-order valence-electron chi connectivity index (χ0n) is 7.25. The third kappa shape index (κ3) is 1.42. The summed E-state index contributed by atoms with van der Waals surface area (Å²) in [5.41, 5.74) is -0.338. The second-order valence-corrected chi connectivity index (χ2v) is 4.83. The number of rotatable bonds is 2. The fraction of sp³-hybridized carbons (Fsp3) is 0.500. The van der Waals surface area contributed by atoms with Crippen LogP contribution < -0.4 is 0 Å². The molecule has 0 bridgehead atoms. The van der Waals surface area contributed by atoms with Gasteiger partial charge in [-0.3, -0.25) is 4.79 Å². The third-order valence-electron chi connectivity index (χ3n) is 2.83. The molecule has 1 aromatic rings. The molecule has 1 aliphatic rings. The standard InChI is InChI=1S/C10H11ClOS/c11-9(12)10(5-1-2-6-10)8-4-3-7-13-8/h3-4,7H,1-2,5-6H2. The first-order valence-corrected chi connectivity index (χ1v) is 5.75. The highest BCUT2D eigenvalue weighted by molar-refractivity contribution is 7.10. The van der Waals surface area contributed by atoms with Crippen molar-refractivity contribution in [2.45, 2.75) is 31.1 Å². The van der Waals surface area contributed by atoms with Crippen molar-refractivity contribution in [3.63, 3.8) is 0 Å². The van der Waals surface area contributed by atoms with Crippen LogP contribution in [0.2, 0.25) is 0 Å². The van der Waals surface area contributed by atoms with Crippen LogP contribution in [-0.2, 0) is 10.2 Å². The van der Waals surface area contributed by atoms with Crippen molar-refractivity contribution in [3.05, 3.63) is 22.4 Å². The summed E-state index contributed by atoms with van der Waals surface area (Å²) in [7, 11) is 0. The van der Waals surface area contributed by atoms with Crippen molar-refractivity contribution in [2.24, 2.45) is 0 Å². The molecule has 0 aliphatic heterocycles. The lowest BCUT2D eigenvalue weighted by Crippen LogP contribution is -2.27. The van der Waals surface area contributed by atoms with E-state index in [0.29, 0.717) is 0 Å². The molecule has 0 unspecified atom stereocenters. The molecule has 1 heterocycles. The average Bonchev–Trinajstić information content (AvgIpc) is 2.75. The zero-order valence-corrected chi connectivity index (χ0v) is 8.83. The van der Waals surface area contributed by atoms with Gasteiger partial charge in [-0.15, -0.1) is 11.3 Å². The molecule has 70 valence electrons. The smallest absolute Gasteiger partial charge is 0.233 e. The van der Waals surface area contributed by atoms with Gasteiger partial charge in [0.2, 0.25) is 5.24 Å². The SMILES string of the molecule is O=C(Cl)C1(c2cccs2)CCCC1. The van der Waals surface area contributed by atoms with E-state index in [1.54, 1.807) is 11.3 Å². The maximum Gasteiger partial charge on any atom is 0.233 e. The lowest BCUT2D eigenvalue weighted by Gasteiger charge is -2.22. The van der Waals surface area contributed by atoms with Crippen LogP contribution in [0.3, 0.4) is 0 Å². The van der Waals surface area contributed by atoms with E-state index in [4.69, 9.17) is 11.6 Å². The summed E-state index contributed by atoms with van der Waals surface area (Å²) in [5.74, 6) is 0. The van der Waals surface area contributed by atoms with Gasteiger partial charge in [0.1, 0.15) is 0 Å². The van der Waals surface area contributed by atoms with Crippen LogP contribution in [0.25, 0.3) is 0 Å². The van der Waals surface area contributed by atoms with Crippen molar-refractivity contribution in [3.8, 4) is 0 Å². The minimum Gasteiger partial charge on any atom is -0.280 e. The summed E-state index contributed by atoms with van der Waals surface area (Å²) in [6.07, 6.45) is 4.10. The molecule has 1 saturated carbocycles. The molecule has 2 rings (SSSR count). The zero-order chi connectivity index (χ0) is 9.31. The highest BCUT2D eigenvalue weighted by Crippen LogP contribution is 2.44. The van der Waals surface area contributed by atoms with Crippen LogP contribution in [0.15, 0.2) is 17.5 Å². The molecule has 1 aromatic heterocycles. The van der Waals surface area contributed by atoms with Crippen LogP contribution in [0, 0.1) is 0 Å². The Morgan fingerprint density at radius 3 is 2.62 bits per heavy atom. The fourth-order valence-electron chi connectivity index (χ4n) is 2.07. The number of hydrogen-bond donors (Lipinski definition) is 0. The van der Waals surface area contributed by atoms with Gasteiger partial charge in [0.05, 0.1) is 5.41 Å². The number of hydrogen-bond acceptors (Lipinski definition) is 2. The van der Waals surface area contributed by atoms with Crippen molar-refractivity contribution in [2.75, 3.05) is 0 Å². The Hall–Kier alpha value is -0.340. The molecular weight excluding hydrogens is 204 g/mol. The van der Waals surface area contributed by atoms with Gasteiger partial charge in [0.25, 0.3) is 0 Å². The van der Waals surface area contributed by atoms with E-state index in [0.717, 1.165) is 30.6 Å².